The maximum atomic E-state index is 4.44. The Balaban J connectivity index is 1.63. The minimum atomic E-state index is 0.824. The standard InChI is InChI=1S/C20H17N5S/c1-2-4-18(5-3-1)25-19(17-8-13-22-14-9-17)23-24-20(25)26-15-10-16-6-11-21-12-7-16/h1-9,11-14H,10,15H2. The van der Waals surface area contributed by atoms with Crippen LogP contribution in [0.4, 0.5) is 0 Å². The summed E-state index contributed by atoms with van der Waals surface area (Å²) in [6.07, 6.45) is 8.16. The summed E-state index contributed by atoms with van der Waals surface area (Å²) < 4.78 is 2.10. The molecule has 0 fully saturated rings. The van der Waals surface area contributed by atoms with Gasteiger partial charge in [0, 0.05) is 41.8 Å². The van der Waals surface area contributed by atoms with Gasteiger partial charge in [0.05, 0.1) is 0 Å². The second-order valence-corrected chi connectivity index (χ2v) is 6.73. The molecule has 26 heavy (non-hydrogen) atoms. The quantitative estimate of drug-likeness (QED) is 0.486. The smallest absolute Gasteiger partial charge is 0.196 e. The fourth-order valence-electron chi connectivity index (χ4n) is 2.67. The molecule has 0 bridgehead atoms. The highest BCUT2D eigenvalue weighted by atomic mass is 32.2. The van der Waals surface area contributed by atoms with Crippen LogP contribution in [-0.4, -0.2) is 30.5 Å². The van der Waals surface area contributed by atoms with Gasteiger partial charge in [-0.1, -0.05) is 30.0 Å². The summed E-state index contributed by atoms with van der Waals surface area (Å²) >= 11 is 1.71. The number of thioether (sulfide) groups is 1. The summed E-state index contributed by atoms with van der Waals surface area (Å²) in [6, 6.07) is 18.2. The summed E-state index contributed by atoms with van der Waals surface area (Å²) in [5, 5.41) is 9.77. The van der Waals surface area contributed by atoms with Crippen LogP contribution in [0.15, 0.2) is 84.5 Å². The Morgan fingerprint density at radius 1 is 0.769 bits per heavy atom. The van der Waals surface area contributed by atoms with E-state index in [1.807, 2.05) is 54.9 Å². The lowest BCUT2D eigenvalue weighted by atomic mass is 10.2. The lowest BCUT2D eigenvalue weighted by Crippen LogP contribution is -2.00. The molecule has 0 unspecified atom stereocenters. The number of pyridine rings is 2. The Bertz CT molecular complexity index is 955. The van der Waals surface area contributed by atoms with E-state index in [0.717, 1.165) is 34.4 Å². The molecule has 0 saturated heterocycles. The molecule has 5 nitrogen and oxygen atoms in total. The first-order valence-electron chi connectivity index (χ1n) is 8.35. The maximum absolute atomic E-state index is 4.44. The van der Waals surface area contributed by atoms with Crippen molar-refractivity contribution in [3.8, 4) is 17.1 Å². The van der Waals surface area contributed by atoms with Gasteiger partial charge in [-0.2, -0.15) is 0 Å². The van der Waals surface area contributed by atoms with Gasteiger partial charge < -0.3 is 0 Å². The minimum absolute atomic E-state index is 0.824. The molecular formula is C20H17N5S. The van der Waals surface area contributed by atoms with E-state index < -0.39 is 0 Å². The van der Waals surface area contributed by atoms with Gasteiger partial charge in [0.25, 0.3) is 0 Å². The Kier molecular flexibility index (Phi) is 5.02. The SMILES string of the molecule is c1ccc(-n2c(SCCc3ccncc3)nnc2-c2ccncc2)cc1. The average Bonchev–Trinajstić information content (AvgIpc) is 3.14. The molecule has 0 aliphatic carbocycles. The maximum Gasteiger partial charge on any atom is 0.196 e. The molecule has 0 aliphatic heterocycles. The molecule has 3 aromatic heterocycles. The largest absolute Gasteiger partial charge is 0.270 e. The van der Waals surface area contributed by atoms with Gasteiger partial charge in [-0.3, -0.25) is 14.5 Å². The van der Waals surface area contributed by atoms with Crippen molar-refractivity contribution in [3.63, 3.8) is 0 Å². The number of aromatic nitrogens is 5. The van der Waals surface area contributed by atoms with Gasteiger partial charge >= 0.3 is 0 Å². The third-order valence-electron chi connectivity index (χ3n) is 3.96. The second kappa shape index (κ2) is 7.93. The Morgan fingerprint density at radius 3 is 2.19 bits per heavy atom. The molecule has 0 amide bonds. The van der Waals surface area contributed by atoms with Crippen LogP contribution in [0.1, 0.15) is 5.56 Å². The molecule has 4 rings (SSSR count). The highest BCUT2D eigenvalue weighted by Gasteiger charge is 2.15. The number of hydrogen-bond acceptors (Lipinski definition) is 5. The fraction of sp³-hybridized carbons (Fsp3) is 0.100. The summed E-state index contributed by atoms with van der Waals surface area (Å²) in [4.78, 5) is 8.16. The molecule has 0 spiro atoms. The zero-order valence-electron chi connectivity index (χ0n) is 14.1. The van der Waals surface area contributed by atoms with Gasteiger partial charge in [-0.15, -0.1) is 10.2 Å². The highest BCUT2D eigenvalue weighted by molar-refractivity contribution is 7.99. The van der Waals surface area contributed by atoms with Crippen molar-refractivity contribution in [3.05, 3.63) is 84.9 Å². The Morgan fingerprint density at radius 2 is 1.46 bits per heavy atom. The van der Waals surface area contributed by atoms with E-state index in [-0.39, 0.29) is 0 Å². The first-order chi connectivity index (χ1) is 12.9. The highest BCUT2D eigenvalue weighted by Crippen LogP contribution is 2.27. The van der Waals surface area contributed by atoms with E-state index in [0.29, 0.717) is 0 Å². The first-order valence-corrected chi connectivity index (χ1v) is 9.33. The van der Waals surface area contributed by atoms with E-state index in [4.69, 9.17) is 0 Å². The van der Waals surface area contributed by atoms with Gasteiger partial charge in [0.1, 0.15) is 0 Å². The van der Waals surface area contributed by atoms with E-state index in [1.165, 1.54) is 5.56 Å². The van der Waals surface area contributed by atoms with Crippen LogP contribution >= 0.6 is 11.8 Å². The molecular weight excluding hydrogens is 342 g/mol. The molecule has 0 aliphatic rings. The molecule has 0 saturated carbocycles. The fourth-order valence-corrected chi connectivity index (χ4v) is 3.61. The lowest BCUT2D eigenvalue weighted by Gasteiger charge is -2.10. The van der Waals surface area contributed by atoms with Gasteiger partial charge in [-0.05, 0) is 48.4 Å². The van der Waals surface area contributed by atoms with Crippen molar-refractivity contribution in [2.45, 2.75) is 11.6 Å². The zero-order chi connectivity index (χ0) is 17.6. The van der Waals surface area contributed by atoms with E-state index in [1.54, 1.807) is 24.2 Å². The Hall–Kier alpha value is -2.99. The van der Waals surface area contributed by atoms with E-state index in [9.17, 15) is 0 Å². The number of nitrogens with zero attached hydrogens (tertiary/aromatic N) is 5. The normalized spacial score (nSPS) is 10.8. The van der Waals surface area contributed by atoms with Crippen molar-refractivity contribution in [1.82, 2.24) is 24.7 Å². The third-order valence-corrected chi connectivity index (χ3v) is 4.89. The average molecular weight is 359 g/mol. The summed E-state index contributed by atoms with van der Waals surface area (Å²) in [5.41, 5.74) is 3.32. The van der Waals surface area contributed by atoms with Crippen LogP contribution in [0.5, 0.6) is 0 Å². The van der Waals surface area contributed by atoms with Crippen LogP contribution in [0.2, 0.25) is 0 Å². The summed E-state index contributed by atoms with van der Waals surface area (Å²) in [7, 11) is 0. The van der Waals surface area contributed by atoms with E-state index >= 15 is 0 Å². The molecule has 1 aromatic carbocycles. The van der Waals surface area contributed by atoms with E-state index in [2.05, 4.69) is 36.9 Å². The molecule has 0 atom stereocenters. The first kappa shape index (κ1) is 16.5. The minimum Gasteiger partial charge on any atom is -0.270 e. The number of hydrogen-bond donors (Lipinski definition) is 0. The lowest BCUT2D eigenvalue weighted by molar-refractivity contribution is 0.884. The molecule has 4 aromatic rings. The summed E-state index contributed by atoms with van der Waals surface area (Å²) in [6.45, 7) is 0. The van der Waals surface area contributed by atoms with Crippen molar-refractivity contribution < 1.29 is 0 Å². The van der Waals surface area contributed by atoms with Crippen LogP contribution in [0.3, 0.4) is 0 Å². The summed E-state index contributed by atoms with van der Waals surface area (Å²) in [5.74, 6) is 1.75. The number of rotatable bonds is 6. The molecule has 128 valence electrons. The predicted molar refractivity (Wildman–Crippen MR) is 103 cm³/mol. The number of aryl methyl sites for hydroxylation is 1. The third kappa shape index (κ3) is 3.65. The van der Waals surface area contributed by atoms with Crippen molar-refractivity contribution >= 4 is 11.8 Å². The molecule has 0 radical (unpaired) electrons. The van der Waals surface area contributed by atoms with Crippen LogP contribution in [-0.2, 0) is 6.42 Å². The zero-order valence-corrected chi connectivity index (χ0v) is 14.9. The monoisotopic (exact) mass is 359 g/mol. The van der Waals surface area contributed by atoms with Gasteiger partial charge in [-0.25, -0.2) is 0 Å². The topological polar surface area (TPSA) is 56.5 Å². The molecule has 6 heteroatoms. The predicted octanol–water partition coefficient (Wildman–Crippen LogP) is 4.06. The van der Waals surface area contributed by atoms with Crippen molar-refractivity contribution in [2.24, 2.45) is 0 Å². The van der Waals surface area contributed by atoms with Crippen molar-refractivity contribution in [1.29, 1.82) is 0 Å². The van der Waals surface area contributed by atoms with Gasteiger partial charge in [0.15, 0.2) is 11.0 Å². The van der Waals surface area contributed by atoms with Gasteiger partial charge in [0.2, 0.25) is 0 Å². The number of para-hydroxylation sites is 1. The van der Waals surface area contributed by atoms with Crippen LogP contribution < -0.4 is 0 Å². The second-order valence-electron chi connectivity index (χ2n) is 5.67. The molecule has 0 N–H and O–H groups in total. The van der Waals surface area contributed by atoms with Crippen LogP contribution in [0, 0.1) is 0 Å². The van der Waals surface area contributed by atoms with Crippen molar-refractivity contribution in [2.75, 3.05) is 5.75 Å². The Labute approximate surface area is 156 Å². The number of benzene rings is 1. The molecule has 3 heterocycles. The van der Waals surface area contributed by atoms with Crippen LogP contribution in [0.25, 0.3) is 17.1 Å².